The van der Waals surface area contributed by atoms with Crippen LogP contribution in [0.5, 0.6) is 17.2 Å². The predicted molar refractivity (Wildman–Crippen MR) is 66.9 cm³/mol. The normalized spacial score (nSPS) is 10.7. The van der Waals surface area contributed by atoms with E-state index >= 15 is 0 Å². The molecule has 0 saturated carbocycles. The number of rotatable bonds is 3. The second-order valence-corrected chi connectivity index (χ2v) is 3.52. The molecule has 0 radical (unpaired) electrons. The lowest BCUT2D eigenvalue weighted by molar-refractivity contribution is 0.409. The number of benzene rings is 2. The van der Waals surface area contributed by atoms with E-state index in [9.17, 15) is 10.2 Å². The van der Waals surface area contributed by atoms with Gasteiger partial charge in [-0.2, -0.15) is 0 Å². The van der Waals surface area contributed by atoms with Crippen LogP contribution in [0.15, 0.2) is 52.7 Å². The van der Waals surface area contributed by atoms with E-state index in [-0.39, 0.29) is 17.2 Å². The van der Waals surface area contributed by atoms with Crippen LogP contribution in [0.4, 0.5) is 11.4 Å². The first kappa shape index (κ1) is 11.9. The van der Waals surface area contributed by atoms with E-state index < -0.39 is 0 Å². The molecule has 0 amide bonds. The van der Waals surface area contributed by atoms with Crippen LogP contribution in [-0.2, 0) is 0 Å². The van der Waals surface area contributed by atoms with Crippen molar-refractivity contribution in [1.82, 2.24) is 0 Å². The zero-order chi connectivity index (χ0) is 13.0. The van der Waals surface area contributed by atoms with Gasteiger partial charge in [-0.05, 0) is 24.3 Å². The van der Waals surface area contributed by atoms with Crippen LogP contribution >= 0.6 is 0 Å². The summed E-state index contributed by atoms with van der Waals surface area (Å²) in [6.45, 7) is 0. The molecule has 92 valence electrons. The average Bonchev–Trinajstić information content (AvgIpc) is 2.39. The van der Waals surface area contributed by atoms with E-state index in [2.05, 4.69) is 10.2 Å². The van der Waals surface area contributed by atoms with Crippen LogP contribution in [0.3, 0.4) is 0 Å². The maximum atomic E-state index is 9.67. The second-order valence-electron chi connectivity index (χ2n) is 3.52. The SMILES string of the molecule is COc1cccc(O)c1N=Nc1ccccc1O. The molecule has 0 saturated heterocycles. The van der Waals surface area contributed by atoms with E-state index in [0.717, 1.165) is 0 Å². The van der Waals surface area contributed by atoms with Crippen LogP contribution in [0.1, 0.15) is 0 Å². The van der Waals surface area contributed by atoms with E-state index in [0.29, 0.717) is 11.4 Å². The molecule has 5 nitrogen and oxygen atoms in total. The molecule has 0 aliphatic heterocycles. The Balaban J connectivity index is 2.38. The molecule has 2 aromatic rings. The highest BCUT2D eigenvalue weighted by atomic mass is 16.5. The minimum Gasteiger partial charge on any atom is -0.506 e. The Kier molecular flexibility index (Phi) is 3.43. The fourth-order valence-corrected chi connectivity index (χ4v) is 1.43. The molecule has 0 aromatic heterocycles. The van der Waals surface area contributed by atoms with Crippen molar-refractivity contribution in [2.45, 2.75) is 0 Å². The van der Waals surface area contributed by atoms with Gasteiger partial charge in [-0.1, -0.05) is 18.2 Å². The average molecular weight is 244 g/mol. The van der Waals surface area contributed by atoms with Gasteiger partial charge in [0.05, 0.1) is 7.11 Å². The van der Waals surface area contributed by atoms with Crippen molar-refractivity contribution < 1.29 is 14.9 Å². The Morgan fingerprint density at radius 2 is 1.61 bits per heavy atom. The molecule has 0 atom stereocenters. The molecule has 2 N–H and O–H groups in total. The summed E-state index contributed by atoms with van der Waals surface area (Å²) in [5, 5.41) is 27.0. The fraction of sp³-hybridized carbons (Fsp3) is 0.0769. The lowest BCUT2D eigenvalue weighted by Gasteiger charge is -2.04. The van der Waals surface area contributed by atoms with Crippen molar-refractivity contribution in [2.75, 3.05) is 7.11 Å². The van der Waals surface area contributed by atoms with Crippen LogP contribution in [0, 0.1) is 0 Å². The second kappa shape index (κ2) is 5.18. The third-order valence-corrected chi connectivity index (χ3v) is 2.34. The molecule has 0 fully saturated rings. The van der Waals surface area contributed by atoms with Crippen molar-refractivity contribution in [3.05, 3.63) is 42.5 Å². The molecule has 0 aliphatic carbocycles. The number of hydrogen-bond acceptors (Lipinski definition) is 5. The molecule has 0 heterocycles. The van der Waals surface area contributed by atoms with Gasteiger partial charge in [0, 0.05) is 0 Å². The number of methoxy groups -OCH3 is 1. The van der Waals surface area contributed by atoms with Gasteiger partial charge >= 0.3 is 0 Å². The van der Waals surface area contributed by atoms with Gasteiger partial charge in [0.2, 0.25) is 0 Å². The summed E-state index contributed by atoms with van der Waals surface area (Å²) in [6, 6.07) is 11.3. The molecule has 0 unspecified atom stereocenters. The first-order valence-corrected chi connectivity index (χ1v) is 5.28. The Bertz CT molecular complexity index is 582. The molecule has 18 heavy (non-hydrogen) atoms. The predicted octanol–water partition coefficient (Wildman–Crippen LogP) is 3.52. The molecule has 0 spiro atoms. The first-order valence-electron chi connectivity index (χ1n) is 5.28. The van der Waals surface area contributed by atoms with E-state index in [1.54, 1.807) is 30.3 Å². The van der Waals surface area contributed by atoms with Crippen LogP contribution in [-0.4, -0.2) is 17.3 Å². The number of hydrogen-bond donors (Lipinski definition) is 2. The number of azo groups is 1. The molecule has 0 bridgehead atoms. The summed E-state index contributed by atoms with van der Waals surface area (Å²) < 4.78 is 5.07. The molecule has 5 heteroatoms. The Labute approximate surface area is 104 Å². The highest BCUT2D eigenvalue weighted by Crippen LogP contribution is 2.38. The number of phenolic OH excluding ortho intramolecular Hbond substituents is 2. The lowest BCUT2D eigenvalue weighted by Crippen LogP contribution is -1.82. The van der Waals surface area contributed by atoms with Crippen molar-refractivity contribution in [2.24, 2.45) is 10.2 Å². The summed E-state index contributed by atoms with van der Waals surface area (Å²) in [6.07, 6.45) is 0. The number of phenols is 2. The zero-order valence-electron chi connectivity index (χ0n) is 9.74. The van der Waals surface area contributed by atoms with Gasteiger partial charge in [-0.15, -0.1) is 10.2 Å². The Hall–Kier alpha value is -2.56. The van der Waals surface area contributed by atoms with Crippen LogP contribution < -0.4 is 4.74 Å². The number of para-hydroxylation sites is 1. The van der Waals surface area contributed by atoms with Crippen LogP contribution in [0.25, 0.3) is 0 Å². The highest BCUT2D eigenvalue weighted by Gasteiger charge is 2.07. The lowest BCUT2D eigenvalue weighted by atomic mass is 10.3. The van der Waals surface area contributed by atoms with Crippen molar-refractivity contribution in [3.63, 3.8) is 0 Å². The van der Waals surface area contributed by atoms with Crippen molar-refractivity contribution >= 4 is 11.4 Å². The summed E-state index contributed by atoms with van der Waals surface area (Å²) in [5.74, 6) is 0.401. The van der Waals surface area contributed by atoms with Gasteiger partial charge in [0.15, 0.2) is 5.69 Å². The molecular weight excluding hydrogens is 232 g/mol. The molecule has 2 rings (SSSR count). The largest absolute Gasteiger partial charge is 0.506 e. The molecular formula is C13H12N2O3. The summed E-state index contributed by atoms with van der Waals surface area (Å²) in [5.41, 5.74) is 0.547. The number of aromatic hydroxyl groups is 2. The number of ether oxygens (including phenoxy) is 1. The van der Waals surface area contributed by atoms with Gasteiger partial charge in [0.1, 0.15) is 22.9 Å². The summed E-state index contributed by atoms with van der Waals surface area (Å²) in [7, 11) is 1.48. The van der Waals surface area contributed by atoms with E-state index in [1.165, 1.54) is 19.2 Å². The van der Waals surface area contributed by atoms with Gasteiger partial charge < -0.3 is 14.9 Å². The van der Waals surface area contributed by atoms with Crippen molar-refractivity contribution in [1.29, 1.82) is 0 Å². The minimum atomic E-state index is -0.0338. The monoisotopic (exact) mass is 244 g/mol. The number of nitrogens with zero attached hydrogens (tertiary/aromatic N) is 2. The van der Waals surface area contributed by atoms with Crippen molar-refractivity contribution in [3.8, 4) is 17.2 Å². The summed E-state index contributed by atoms with van der Waals surface area (Å²) in [4.78, 5) is 0. The topological polar surface area (TPSA) is 74.4 Å². The van der Waals surface area contributed by atoms with Gasteiger partial charge in [0.25, 0.3) is 0 Å². The zero-order valence-corrected chi connectivity index (χ0v) is 9.74. The quantitative estimate of drug-likeness (QED) is 0.811. The van der Waals surface area contributed by atoms with Gasteiger partial charge in [-0.25, -0.2) is 0 Å². The van der Waals surface area contributed by atoms with Gasteiger partial charge in [-0.3, -0.25) is 0 Å². The smallest absolute Gasteiger partial charge is 0.169 e. The fourth-order valence-electron chi connectivity index (χ4n) is 1.43. The molecule has 2 aromatic carbocycles. The van der Waals surface area contributed by atoms with Crippen LogP contribution in [0.2, 0.25) is 0 Å². The molecule has 0 aliphatic rings. The third kappa shape index (κ3) is 2.40. The Morgan fingerprint density at radius 3 is 2.33 bits per heavy atom. The first-order chi connectivity index (χ1) is 8.72. The maximum Gasteiger partial charge on any atom is 0.169 e. The summed E-state index contributed by atoms with van der Waals surface area (Å²) >= 11 is 0. The highest BCUT2D eigenvalue weighted by molar-refractivity contribution is 5.61. The third-order valence-electron chi connectivity index (χ3n) is 2.34. The van der Waals surface area contributed by atoms with E-state index in [4.69, 9.17) is 4.74 Å². The minimum absolute atomic E-state index is 0.0237. The van der Waals surface area contributed by atoms with E-state index in [1.807, 2.05) is 0 Å². The standard InChI is InChI=1S/C13H12N2O3/c1-18-12-8-4-7-11(17)13(12)15-14-9-5-2-3-6-10(9)16/h2-8,16-17H,1H3. The Morgan fingerprint density at radius 1 is 0.889 bits per heavy atom. The maximum absolute atomic E-state index is 9.67.